The van der Waals surface area contributed by atoms with E-state index in [1.807, 2.05) is 12.6 Å². The Hall–Kier alpha value is -1.63. The highest BCUT2D eigenvalue weighted by atomic mass is 14.7. The lowest BCUT2D eigenvalue weighted by Gasteiger charge is -2.57. The molecule has 6 unspecified atom stereocenters. The summed E-state index contributed by atoms with van der Waals surface area (Å²) < 4.78 is 0. The minimum absolute atomic E-state index is 0.414. The summed E-state index contributed by atoms with van der Waals surface area (Å²) in [6, 6.07) is 6.61. The number of fused-ring (bicyclic) bond motifs is 5. The molecular formula is C31H43N. The van der Waals surface area contributed by atoms with Gasteiger partial charge in [-0.05, 0) is 117 Å². The van der Waals surface area contributed by atoms with E-state index in [-0.39, 0.29) is 0 Å². The summed E-state index contributed by atoms with van der Waals surface area (Å²) in [7, 11) is 2.02. The van der Waals surface area contributed by atoms with Crippen molar-refractivity contribution in [2.24, 2.45) is 39.5 Å². The topological polar surface area (TPSA) is 12.4 Å². The van der Waals surface area contributed by atoms with Crippen LogP contribution >= 0.6 is 0 Å². The second kappa shape index (κ2) is 8.30. The fourth-order valence-corrected chi connectivity index (χ4v) is 8.79. The molecule has 172 valence electrons. The van der Waals surface area contributed by atoms with Crippen molar-refractivity contribution in [3.63, 3.8) is 0 Å². The molecule has 3 saturated carbocycles. The van der Waals surface area contributed by atoms with E-state index < -0.39 is 0 Å². The maximum absolute atomic E-state index is 4.88. The van der Waals surface area contributed by atoms with Crippen molar-refractivity contribution in [1.82, 2.24) is 0 Å². The first kappa shape index (κ1) is 22.2. The van der Waals surface area contributed by atoms with Gasteiger partial charge in [0.05, 0.1) is 0 Å². The molecule has 0 aromatic heterocycles. The van der Waals surface area contributed by atoms with Crippen LogP contribution < -0.4 is 0 Å². The summed E-state index contributed by atoms with van der Waals surface area (Å²) in [5, 5.41) is 0. The van der Waals surface area contributed by atoms with E-state index in [0.717, 1.165) is 17.8 Å². The molecule has 0 amide bonds. The number of benzene rings is 1. The smallest absolute Gasteiger partial charge is 0.0381 e. The van der Waals surface area contributed by atoms with E-state index >= 15 is 0 Å². The van der Waals surface area contributed by atoms with Gasteiger partial charge in [0, 0.05) is 18.7 Å². The molecule has 0 aliphatic heterocycles. The Morgan fingerprint density at radius 1 is 1.00 bits per heavy atom. The summed E-state index contributed by atoms with van der Waals surface area (Å²) in [5.41, 5.74) is 8.17. The lowest BCUT2D eigenvalue weighted by atomic mass is 9.47. The van der Waals surface area contributed by atoms with Crippen molar-refractivity contribution in [2.75, 3.05) is 7.05 Å². The van der Waals surface area contributed by atoms with Gasteiger partial charge in [0.25, 0.3) is 0 Å². The molecule has 4 aliphatic rings. The molecule has 0 radical (unpaired) electrons. The van der Waals surface area contributed by atoms with Crippen LogP contribution in [0.5, 0.6) is 0 Å². The first-order valence-corrected chi connectivity index (χ1v) is 13.3. The van der Waals surface area contributed by atoms with E-state index in [1.54, 1.807) is 0 Å². The van der Waals surface area contributed by atoms with E-state index in [9.17, 15) is 0 Å². The second-order valence-corrected chi connectivity index (χ2v) is 11.9. The number of rotatable bonds is 3. The third kappa shape index (κ3) is 3.37. The van der Waals surface area contributed by atoms with Gasteiger partial charge >= 0.3 is 0 Å². The van der Waals surface area contributed by atoms with Gasteiger partial charge in [0.2, 0.25) is 0 Å². The molecule has 1 heteroatoms. The summed E-state index contributed by atoms with van der Waals surface area (Å²) in [6.45, 7) is 9.71. The van der Waals surface area contributed by atoms with Crippen molar-refractivity contribution < 1.29 is 0 Å². The van der Waals surface area contributed by atoms with E-state index in [2.05, 4.69) is 64.1 Å². The van der Waals surface area contributed by atoms with Crippen LogP contribution in [0.1, 0.15) is 88.3 Å². The number of hydrogen-bond acceptors (Lipinski definition) is 1. The lowest BCUT2D eigenvalue weighted by Crippen LogP contribution is -2.50. The quantitative estimate of drug-likeness (QED) is 0.338. The minimum atomic E-state index is 0.414. The molecule has 1 nitrogen and oxygen atoms in total. The lowest BCUT2D eigenvalue weighted by molar-refractivity contribution is -0.0322. The molecule has 32 heavy (non-hydrogen) atoms. The number of hydrogen-bond donors (Lipinski definition) is 0. The predicted octanol–water partition coefficient (Wildman–Crippen LogP) is 8.36. The van der Waals surface area contributed by atoms with Crippen molar-refractivity contribution >= 4 is 11.8 Å². The highest BCUT2D eigenvalue weighted by Crippen LogP contribution is 2.66. The van der Waals surface area contributed by atoms with E-state index in [0.29, 0.717) is 16.7 Å². The zero-order chi connectivity index (χ0) is 22.5. The van der Waals surface area contributed by atoms with Crippen LogP contribution in [0.25, 0.3) is 6.08 Å². The van der Waals surface area contributed by atoms with Gasteiger partial charge in [-0.1, -0.05) is 56.2 Å². The largest absolute Gasteiger partial charge is 0.293 e. The van der Waals surface area contributed by atoms with Gasteiger partial charge < -0.3 is 0 Å². The Labute approximate surface area is 196 Å². The van der Waals surface area contributed by atoms with Crippen LogP contribution in [-0.4, -0.2) is 12.8 Å². The summed E-state index contributed by atoms with van der Waals surface area (Å²) >= 11 is 0. The van der Waals surface area contributed by atoms with Gasteiger partial charge in [0.1, 0.15) is 0 Å². The van der Waals surface area contributed by atoms with E-state index in [1.165, 1.54) is 80.2 Å². The highest BCUT2D eigenvalue weighted by molar-refractivity contribution is 6.00. The molecule has 1 aromatic carbocycles. The Morgan fingerprint density at radius 3 is 2.53 bits per heavy atom. The molecule has 1 aromatic rings. The molecule has 0 spiro atoms. The number of nitrogens with zero attached hydrogens (tertiary/aromatic N) is 1. The van der Waals surface area contributed by atoms with Crippen LogP contribution in [0.4, 0.5) is 0 Å². The Morgan fingerprint density at radius 2 is 1.78 bits per heavy atom. The fraction of sp³-hybridized carbons (Fsp3) is 0.645. The molecule has 6 atom stereocenters. The monoisotopic (exact) mass is 429 g/mol. The minimum Gasteiger partial charge on any atom is -0.293 e. The predicted molar refractivity (Wildman–Crippen MR) is 138 cm³/mol. The highest BCUT2D eigenvalue weighted by Gasteiger charge is 2.58. The van der Waals surface area contributed by atoms with Gasteiger partial charge in [-0.15, -0.1) is 0 Å². The van der Waals surface area contributed by atoms with Gasteiger partial charge in [-0.3, -0.25) is 4.99 Å². The molecule has 3 fully saturated rings. The fourth-order valence-electron chi connectivity index (χ4n) is 8.79. The number of aliphatic imine (C=N–C) groups is 1. The first-order valence-electron chi connectivity index (χ1n) is 13.3. The maximum Gasteiger partial charge on any atom is 0.0381 e. The van der Waals surface area contributed by atoms with E-state index in [4.69, 9.17) is 4.99 Å². The standard InChI is InChI=1S/C31H43N/c1-21-9-8-10-22(2)24(21)14-17-29(32-5)28-16-15-26-25-13-12-23-11-6-7-19-30(23,3)27(25)18-20-31(26,28)4/h8-10,12,14,17,25-28H,6-7,11,13,15-16,18-20H2,1-5H3/b17-14+,32-29?. The third-order valence-electron chi connectivity index (χ3n) is 10.6. The van der Waals surface area contributed by atoms with Crippen LogP contribution in [0.15, 0.2) is 40.9 Å². The Balaban J connectivity index is 1.41. The Kier molecular flexibility index (Phi) is 5.75. The molecule has 0 heterocycles. The average molecular weight is 430 g/mol. The maximum atomic E-state index is 4.88. The van der Waals surface area contributed by atoms with Crippen LogP contribution in [-0.2, 0) is 0 Å². The van der Waals surface area contributed by atoms with Gasteiger partial charge in [0.15, 0.2) is 0 Å². The third-order valence-corrected chi connectivity index (χ3v) is 10.6. The van der Waals surface area contributed by atoms with Crippen LogP contribution in [0.2, 0.25) is 0 Å². The van der Waals surface area contributed by atoms with Gasteiger partial charge in [-0.25, -0.2) is 0 Å². The summed E-state index contributed by atoms with van der Waals surface area (Å²) in [5.74, 6) is 3.30. The van der Waals surface area contributed by atoms with Crippen LogP contribution in [0, 0.1) is 48.3 Å². The molecule has 4 aliphatic carbocycles. The second-order valence-electron chi connectivity index (χ2n) is 11.9. The SMILES string of the molecule is CN=C(/C=C/c1c(C)cccc1C)C1CCC2C3CC=C4CCCCC4(C)C3CCC12C. The normalized spacial score (nSPS) is 39.4. The summed E-state index contributed by atoms with van der Waals surface area (Å²) in [6.07, 6.45) is 20.0. The van der Waals surface area contributed by atoms with Crippen molar-refractivity contribution in [3.8, 4) is 0 Å². The zero-order valence-corrected chi connectivity index (χ0v) is 21.1. The van der Waals surface area contributed by atoms with Gasteiger partial charge in [-0.2, -0.15) is 0 Å². The number of aryl methyl sites for hydroxylation is 2. The molecular weight excluding hydrogens is 386 g/mol. The molecule has 0 saturated heterocycles. The Bertz CT molecular complexity index is 944. The van der Waals surface area contributed by atoms with Crippen molar-refractivity contribution in [1.29, 1.82) is 0 Å². The molecule has 0 bridgehead atoms. The zero-order valence-electron chi connectivity index (χ0n) is 21.1. The first-order chi connectivity index (χ1) is 15.4. The van der Waals surface area contributed by atoms with Crippen LogP contribution in [0.3, 0.4) is 0 Å². The molecule has 0 N–H and O–H groups in total. The average Bonchev–Trinajstić information content (AvgIpc) is 3.13. The molecule has 5 rings (SSSR count). The van der Waals surface area contributed by atoms with Crippen molar-refractivity contribution in [2.45, 2.75) is 85.5 Å². The number of allylic oxidation sites excluding steroid dienone is 3. The summed E-state index contributed by atoms with van der Waals surface area (Å²) in [4.78, 5) is 4.88. The van der Waals surface area contributed by atoms with Crippen molar-refractivity contribution in [3.05, 3.63) is 52.6 Å².